The van der Waals surface area contributed by atoms with E-state index in [4.69, 9.17) is 0 Å². The minimum absolute atomic E-state index is 0.0998. The molecule has 1 saturated heterocycles. The first-order valence-corrected chi connectivity index (χ1v) is 10.3. The zero-order chi connectivity index (χ0) is 20.7. The van der Waals surface area contributed by atoms with Crippen molar-refractivity contribution in [3.63, 3.8) is 0 Å². The van der Waals surface area contributed by atoms with Crippen LogP contribution in [0.15, 0.2) is 30.3 Å². The fourth-order valence-electron chi connectivity index (χ4n) is 3.81. The van der Waals surface area contributed by atoms with Gasteiger partial charge in [0.05, 0.1) is 11.4 Å². The van der Waals surface area contributed by atoms with Crippen molar-refractivity contribution < 1.29 is 4.79 Å². The van der Waals surface area contributed by atoms with Crippen molar-refractivity contribution in [3.8, 4) is 5.82 Å². The van der Waals surface area contributed by atoms with Gasteiger partial charge < -0.3 is 9.80 Å². The van der Waals surface area contributed by atoms with E-state index in [0.29, 0.717) is 30.5 Å². The maximum atomic E-state index is 12.8. The Morgan fingerprint density at radius 1 is 0.900 bits per heavy atom. The Morgan fingerprint density at radius 3 is 2.20 bits per heavy atom. The lowest BCUT2D eigenvalue weighted by Gasteiger charge is -2.34. The minimum atomic E-state index is -0.0998. The third-order valence-corrected chi connectivity index (χ3v) is 5.65. The van der Waals surface area contributed by atoms with Crippen molar-refractivity contribution in [3.05, 3.63) is 53.1 Å². The van der Waals surface area contributed by atoms with Crippen LogP contribution in [0.5, 0.6) is 0 Å². The summed E-state index contributed by atoms with van der Waals surface area (Å²) in [7, 11) is 0. The molecular weight excluding hydrogens is 380 g/mol. The number of hydrogen-bond acceptors (Lipinski definition) is 7. The van der Waals surface area contributed by atoms with E-state index in [9.17, 15) is 4.79 Å². The largest absolute Gasteiger partial charge is 0.352 e. The smallest absolute Gasteiger partial charge is 0.274 e. The molecule has 0 N–H and O–H groups in total. The van der Waals surface area contributed by atoms with Crippen LogP contribution in [-0.2, 0) is 0 Å². The fourth-order valence-corrected chi connectivity index (χ4v) is 3.81. The van der Waals surface area contributed by atoms with Crippen LogP contribution >= 0.6 is 0 Å². The molecule has 3 aromatic rings. The Kier molecular flexibility index (Phi) is 4.65. The number of anilines is 1. The van der Waals surface area contributed by atoms with Crippen molar-refractivity contribution in [2.24, 2.45) is 0 Å². The average molecular weight is 404 g/mol. The standard InChI is InChI=1S/C21H24N8O/c1-14-13-15(2)29(26-14)20-8-6-18(23-25-20)21(30)28-11-9-27(10-12-28)19-7-5-17(22-24-19)16-3-4-16/h5-8,13,16H,3-4,9-12H2,1-2H3. The molecule has 3 aromatic heterocycles. The second kappa shape index (κ2) is 7.47. The maximum absolute atomic E-state index is 12.8. The molecule has 0 spiro atoms. The predicted molar refractivity (Wildman–Crippen MR) is 111 cm³/mol. The summed E-state index contributed by atoms with van der Waals surface area (Å²) in [5.41, 5.74) is 3.34. The first kappa shape index (κ1) is 18.7. The van der Waals surface area contributed by atoms with Gasteiger partial charge in [-0.05, 0) is 57.0 Å². The van der Waals surface area contributed by atoms with Crippen LogP contribution in [0.4, 0.5) is 5.82 Å². The zero-order valence-electron chi connectivity index (χ0n) is 17.2. The Hall–Kier alpha value is -3.36. The Balaban J connectivity index is 1.21. The Morgan fingerprint density at radius 2 is 1.63 bits per heavy atom. The maximum Gasteiger partial charge on any atom is 0.274 e. The number of rotatable bonds is 4. The molecule has 1 aliphatic heterocycles. The van der Waals surface area contributed by atoms with Crippen molar-refractivity contribution in [1.29, 1.82) is 0 Å². The van der Waals surface area contributed by atoms with E-state index in [-0.39, 0.29) is 5.91 Å². The van der Waals surface area contributed by atoms with E-state index >= 15 is 0 Å². The summed E-state index contributed by atoms with van der Waals surface area (Å²) >= 11 is 0. The van der Waals surface area contributed by atoms with Crippen molar-refractivity contribution in [2.45, 2.75) is 32.6 Å². The molecule has 0 atom stereocenters. The molecule has 30 heavy (non-hydrogen) atoms. The predicted octanol–water partition coefficient (Wildman–Crippen LogP) is 1.91. The van der Waals surface area contributed by atoms with Gasteiger partial charge in [0.1, 0.15) is 0 Å². The zero-order valence-corrected chi connectivity index (χ0v) is 17.2. The number of nitrogens with zero attached hydrogens (tertiary/aromatic N) is 8. The highest BCUT2D eigenvalue weighted by Crippen LogP contribution is 2.38. The lowest BCUT2D eigenvalue weighted by molar-refractivity contribution is 0.0739. The van der Waals surface area contributed by atoms with Gasteiger partial charge >= 0.3 is 0 Å². The Labute approximate surface area is 174 Å². The molecule has 2 fully saturated rings. The normalized spacial score (nSPS) is 16.7. The van der Waals surface area contributed by atoms with E-state index in [1.54, 1.807) is 16.8 Å². The fraction of sp³-hybridized carbons (Fsp3) is 0.429. The van der Waals surface area contributed by atoms with E-state index in [0.717, 1.165) is 36.0 Å². The van der Waals surface area contributed by atoms with Gasteiger partial charge in [-0.1, -0.05) is 0 Å². The summed E-state index contributed by atoms with van der Waals surface area (Å²) < 4.78 is 1.73. The van der Waals surface area contributed by atoms with Crippen LogP contribution < -0.4 is 4.90 Å². The highest BCUT2D eigenvalue weighted by atomic mass is 16.2. The second-order valence-corrected chi connectivity index (χ2v) is 7.99. The summed E-state index contributed by atoms with van der Waals surface area (Å²) in [6.45, 7) is 6.57. The van der Waals surface area contributed by atoms with E-state index in [1.165, 1.54) is 12.8 Å². The van der Waals surface area contributed by atoms with Crippen LogP contribution in [0.2, 0.25) is 0 Å². The van der Waals surface area contributed by atoms with Gasteiger partial charge in [0.2, 0.25) is 0 Å². The summed E-state index contributed by atoms with van der Waals surface area (Å²) in [6, 6.07) is 9.60. The van der Waals surface area contributed by atoms with E-state index in [2.05, 4.69) is 36.5 Å². The molecule has 1 aliphatic carbocycles. The molecule has 0 bridgehead atoms. The molecule has 154 valence electrons. The number of piperazine rings is 1. The highest BCUT2D eigenvalue weighted by Gasteiger charge is 2.27. The number of carbonyl (C=O) groups is 1. The monoisotopic (exact) mass is 404 g/mol. The average Bonchev–Trinajstić information content (AvgIpc) is 3.57. The number of hydrogen-bond donors (Lipinski definition) is 0. The summed E-state index contributed by atoms with van der Waals surface area (Å²) in [5.74, 6) is 1.99. The number of aryl methyl sites for hydroxylation is 2. The summed E-state index contributed by atoms with van der Waals surface area (Å²) in [4.78, 5) is 16.8. The van der Waals surface area contributed by atoms with Gasteiger partial charge in [-0.3, -0.25) is 4.79 Å². The third kappa shape index (κ3) is 3.62. The first-order chi connectivity index (χ1) is 14.6. The molecule has 1 amide bonds. The van der Waals surface area contributed by atoms with Gasteiger partial charge in [0.15, 0.2) is 17.3 Å². The molecule has 9 nitrogen and oxygen atoms in total. The van der Waals surface area contributed by atoms with Crippen LogP contribution in [0.1, 0.15) is 46.3 Å². The van der Waals surface area contributed by atoms with Crippen molar-refractivity contribution in [1.82, 2.24) is 35.1 Å². The van der Waals surface area contributed by atoms with E-state index in [1.807, 2.05) is 30.9 Å². The molecule has 9 heteroatoms. The first-order valence-electron chi connectivity index (χ1n) is 10.3. The summed E-state index contributed by atoms with van der Waals surface area (Å²) in [6.07, 6.45) is 2.44. The lowest BCUT2D eigenvalue weighted by Crippen LogP contribution is -2.49. The van der Waals surface area contributed by atoms with Gasteiger partial charge in [0, 0.05) is 37.8 Å². The van der Waals surface area contributed by atoms with Crippen molar-refractivity contribution in [2.75, 3.05) is 31.1 Å². The highest BCUT2D eigenvalue weighted by molar-refractivity contribution is 5.92. The molecule has 0 unspecified atom stereocenters. The summed E-state index contributed by atoms with van der Waals surface area (Å²) in [5, 5.41) is 21.5. The lowest BCUT2D eigenvalue weighted by atomic mass is 10.2. The molecular formula is C21H24N8O. The van der Waals surface area contributed by atoms with Gasteiger partial charge in [0.25, 0.3) is 5.91 Å². The van der Waals surface area contributed by atoms with E-state index < -0.39 is 0 Å². The number of carbonyl (C=O) groups excluding carboxylic acids is 1. The molecule has 5 rings (SSSR count). The molecule has 0 radical (unpaired) electrons. The molecule has 4 heterocycles. The molecule has 0 aromatic carbocycles. The third-order valence-electron chi connectivity index (χ3n) is 5.65. The number of aromatic nitrogens is 6. The minimum Gasteiger partial charge on any atom is -0.352 e. The Bertz CT molecular complexity index is 1050. The second-order valence-electron chi connectivity index (χ2n) is 7.99. The van der Waals surface area contributed by atoms with Gasteiger partial charge in [-0.25, -0.2) is 4.68 Å². The van der Waals surface area contributed by atoms with Crippen LogP contribution in [0.25, 0.3) is 5.82 Å². The van der Waals surface area contributed by atoms with Crippen molar-refractivity contribution >= 4 is 11.7 Å². The SMILES string of the molecule is Cc1cc(C)n(-c2ccc(C(=O)N3CCN(c4ccc(C5CC5)nn4)CC3)nn2)n1. The number of amides is 1. The molecule has 2 aliphatic rings. The van der Waals surface area contributed by atoms with Crippen LogP contribution in [-0.4, -0.2) is 67.2 Å². The topological polar surface area (TPSA) is 92.9 Å². The van der Waals surface area contributed by atoms with Gasteiger partial charge in [-0.15, -0.1) is 15.3 Å². The van der Waals surface area contributed by atoms with Gasteiger partial charge in [-0.2, -0.15) is 10.2 Å². The van der Waals surface area contributed by atoms with Crippen LogP contribution in [0.3, 0.4) is 0 Å². The molecule has 1 saturated carbocycles. The quantitative estimate of drug-likeness (QED) is 0.656. The van der Waals surface area contributed by atoms with Crippen LogP contribution in [0, 0.1) is 13.8 Å².